The largest absolute Gasteiger partial charge is 0.105 e. The van der Waals surface area contributed by atoms with Crippen LogP contribution in [0.25, 0.3) is 6.08 Å². The number of allylic oxidation sites excluding steroid dienone is 2. The molecule has 0 N–H and O–H groups in total. The van der Waals surface area contributed by atoms with Crippen molar-refractivity contribution in [2.75, 3.05) is 0 Å². The number of hydrogen-bond acceptors (Lipinski definition) is 0. The first kappa shape index (κ1) is 9.22. The van der Waals surface area contributed by atoms with Crippen molar-refractivity contribution in [3.05, 3.63) is 48.1 Å². The van der Waals surface area contributed by atoms with E-state index in [1.54, 1.807) is 6.08 Å². The second-order valence-electron chi connectivity index (χ2n) is 2.67. The molecule has 0 aliphatic heterocycles. The predicted molar refractivity (Wildman–Crippen MR) is 59.8 cm³/mol. The first-order valence-corrected chi connectivity index (χ1v) is 4.47. The Kier molecular flexibility index (Phi) is 3.25. The smallest absolute Gasteiger partial charge is 0.0156 e. The normalized spacial score (nSPS) is 10.5. The van der Waals surface area contributed by atoms with E-state index in [9.17, 15) is 0 Å². The maximum absolute atomic E-state index is 3.64. The Morgan fingerprint density at radius 1 is 1.42 bits per heavy atom. The zero-order valence-corrected chi connectivity index (χ0v) is 8.40. The van der Waals surface area contributed by atoms with Crippen LogP contribution in [0.3, 0.4) is 0 Å². The molecule has 0 amide bonds. The molecule has 0 nitrogen and oxygen atoms in total. The van der Waals surface area contributed by atoms with Crippen LogP contribution in [0.5, 0.6) is 0 Å². The quantitative estimate of drug-likeness (QED) is 0.480. The van der Waals surface area contributed by atoms with Crippen LogP contribution in [0.15, 0.2) is 36.9 Å². The molecule has 1 unspecified atom stereocenters. The van der Waals surface area contributed by atoms with Gasteiger partial charge in [-0.25, -0.2) is 0 Å². The Morgan fingerprint density at radius 2 is 2.17 bits per heavy atom. The van der Waals surface area contributed by atoms with Gasteiger partial charge in [0.05, 0.1) is 0 Å². The van der Waals surface area contributed by atoms with Crippen LogP contribution in [0, 0.1) is 6.92 Å². The highest BCUT2D eigenvalue weighted by molar-refractivity contribution is 7.27. The molecule has 0 aliphatic rings. The fourth-order valence-electron chi connectivity index (χ4n) is 1.10. The van der Waals surface area contributed by atoms with Crippen LogP contribution in [0.2, 0.25) is 0 Å². The lowest BCUT2D eigenvalue weighted by atomic mass is 10.1. The van der Waals surface area contributed by atoms with Gasteiger partial charge in [-0.3, -0.25) is 0 Å². The van der Waals surface area contributed by atoms with Crippen LogP contribution in [0.1, 0.15) is 11.1 Å². The molecule has 0 bridgehead atoms. The third-order valence-electron chi connectivity index (χ3n) is 1.76. The van der Waals surface area contributed by atoms with Crippen LogP contribution >= 0.6 is 9.24 Å². The Morgan fingerprint density at radius 3 is 2.75 bits per heavy atom. The molecule has 1 atom stereocenters. The molecule has 1 aromatic rings. The lowest BCUT2D eigenvalue weighted by Gasteiger charge is -2.02. The van der Waals surface area contributed by atoms with E-state index >= 15 is 0 Å². The molecule has 1 aromatic carbocycles. The zero-order valence-electron chi connectivity index (χ0n) is 7.25. The van der Waals surface area contributed by atoms with E-state index in [4.69, 9.17) is 0 Å². The number of benzene rings is 1. The highest BCUT2D eigenvalue weighted by Gasteiger charge is 1.95. The second-order valence-corrected chi connectivity index (χ2v) is 3.29. The Balaban J connectivity index is 3.12. The number of hydrogen-bond donors (Lipinski definition) is 0. The van der Waals surface area contributed by atoms with Crippen molar-refractivity contribution in [3.8, 4) is 0 Å². The van der Waals surface area contributed by atoms with Gasteiger partial charge in [-0.15, -0.1) is 9.24 Å². The molecular weight excluding hydrogens is 163 g/mol. The molecule has 0 aromatic heterocycles. The van der Waals surface area contributed by atoms with Gasteiger partial charge >= 0.3 is 0 Å². The minimum atomic E-state index is 1.23. The fourth-order valence-corrected chi connectivity index (χ4v) is 1.53. The predicted octanol–water partition coefficient (Wildman–Crippen LogP) is 2.69. The number of rotatable bonds is 2. The second kappa shape index (κ2) is 4.23. The monoisotopic (exact) mass is 176 g/mol. The van der Waals surface area contributed by atoms with E-state index in [0.717, 1.165) is 0 Å². The standard InChI is InChI=1S/C11H13P/c1-3-4-7-10-9(2)6-5-8-11(10)12/h3-8H,1,12H2,2H3/b7-4-. The van der Waals surface area contributed by atoms with Crippen molar-refractivity contribution >= 4 is 20.6 Å². The maximum atomic E-state index is 3.64. The van der Waals surface area contributed by atoms with Crippen LogP contribution < -0.4 is 5.30 Å². The van der Waals surface area contributed by atoms with E-state index in [2.05, 4.69) is 47.0 Å². The van der Waals surface area contributed by atoms with Crippen molar-refractivity contribution in [1.29, 1.82) is 0 Å². The lowest BCUT2D eigenvalue weighted by molar-refractivity contribution is 1.47. The molecule has 0 saturated carbocycles. The molecule has 12 heavy (non-hydrogen) atoms. The van der Waals surface area contributed by atoms with Crippen molar-refractivity contribution in [1.82, 2.24) is 0 Å². The molecule has 1 heteroatoms. The topological polar surface area (TPSA) is 0 Å². The van der Waals surface area contributed by atoms with Gasteiger partial charge < -0.3 is 0 Å². The molecule has 0 fully saturated rings. The molecule has 0 radical (unpaired) electrons. The maximum Gasteiger partial charge on any atom is -0.0156 e. The summed E-state index contributed by atoms with van der Waals surface area (Å²) in [6.45, 7) is 5.75. The Hall–Kier alpha value is -0.870. The minimum Gasteiger partial charge on any atom is -0.105 e. The van der Waals surface area contributed by atoms with Crippen molar-refractivity contribution < 1.29 is 0 Å². The van der Waals surface area contributed by atoms with Gasteiger partial charge in [-0.05, 0) is 23.4 Å². The molecule has 0 aliphatic carbocycles. The van der Waals surface area contributed by atoms with Gasteiger partial charge in [0, 0.05) is 0 Å². The molecule has 0 heterocycles. The summed E-state index contributed by atoms with van der Waals surface area (Å²) in [5.74, 6) is 0. The summed E-state index contributed by atoms with van der Waals surface area (Å²) >= 11 is 0. The molecule has 62 valence electrons. The van der Waals surface area contributed by atoms with E-state index in [-0.39, 0.29) is 0 Å². The molecule has 0 saturated heterocycles. The highest BCUT2D eigenvalue weighted by atomic mass is 31.0. The van der Waals surface area contributed by atoms with Crippen LogP contribution in [-0.4, -0.2) is 0 Å². The van der Waals surface area contributed by atoms with Gasteiger partial charge in [-0.2, -0.15) is 0 Å². The van der Waals surface area contributed by atoms with Gasteiger partial charge in [0.1, 0.15) is 0 Å². The summed E-state index contributed by atoms with van der Waals surface area (Å²) in [5.41, 5.74) is 2.56. The summed E-state index contributed by atoms with van der Waals surface area (Å²) in [5, 5.41) is 1.23. The Labute approximate surface area is 76.2 Å². The summed E-state index contributed by atoms with van der Waals surface area (Å²) in [6, 6.07) is 6.25. The van der Waals surface area contributed by atoms with Crippen LogP contribution in [-0.2, 0) is 0 Å². The van der Waals surface area contributed by atoms with Gasteiger partial charge in [0.2, 0.25) is 0 Å². The third-order valence-corrected chi connectivity index (χ3v) is 2.26. The van der Waals surface area contributed by atoms with E-state index in [1.807, 2.05) is 6.08 Å². The van der Waals surface area contributed by atoms with Crippen LogP contribution in [0.4, 0.5) is 0 Å². The summed E-state index contributed by atoms with van der Waals surface area (Å²) in [6.07, 6.45) is 5.82. The fraction of sp³-hybridized carbons (Fsp3) is 0.0909. The molecule has 1 rings (SSSR count). The first-order valence-electron chi connectivity index (χ1n) is 3.90. The van der Waals surface area contributed by atoms with Gasteiger partial charge in [0.25, 0.3) is 0 Å². The first-order chi connectivity index (χ1) is 5.75. The van der Waals surface area contributed by atoms with Crippen molar-refractivity contribution in [3.63, 3.8) is 0 Å². The lowest BCUT2D eigenvalue weighted by Crippen LogP contribution is -1.97. The van der Waals surface area contributed by atoms with E-state index < -0.39 is 0 Å². The Bertz CT molecular complexity index is 291. The average molecular weight is 176 g/mol. The van der Waals surface area contributed by atoms with E-state index in [0.29, 0.717) is 0 Å². The van der Waals surface area contributed by atoms with E-state index in [1.165, 1.54) is 16.4 Å². The minimum absolute atomic E-state index is 1.23. The summed E-state index contributed by atoms with van der Waals surface area (Å²) in [7, 11) is 2.73. The SMILES string of the molecule is C=C/C=C\c1c(C)cccc1P. The number of aryl methyl sites for hydroxylation is 1. The van der Waals surface area contributed by atoms with Crippen molar-refractivity contribution in [2.45, 2.75) is 6.92 Å². The third kappa shape index (κ3) is 2.06. The van der Waals surface area contributed by atoms with Crippen molar-refractivity contribution in [2.24, 2.45) is 0 Å². The van der Waals surface area contributed by atoms with Gasteiger partial charge in [-0.1, -0.05) is 43.0 Å². The highest BCUT2D eigenvalue weighted by Crippen LogP contribution is 2.09. The molecule has 0 spiro atoms. The summed E-state index contributed by atoms with van der Waals surface area (Å²) < 4.78 is 0. The zero-order chi connectivity index (χ0) is 8.97. The van der Waals surface area contributed by atoms with Gasteiger partial charge in [0.15, 0.2) is 0 Å². The summed E-state index contributed by atoms with van der Waals surface area (Å²) in [4.78, 5) is 0. The average Bonchev–Trinajstić information content (AvgIpc) is 2.04. The molecular formula is C11H13P.